The maximum Gasteiger partial charge on any atom is 0.213 e. The van der Waals surface area contributed by atoms with Crippen LogP contribution in [0.15, 0.2) is 42.7 Å². The molecule has 1 saturated heterocycles. The predicted octanol–water partition coefficient (Wildman–Crippen LogP) is 3.79. The summed E-state index contributed by atoms with van der Waals surface area (Å²) in [5.41, 5.74) is 5.31. The van der Waals surface area contributed by atoms with Gasteiger partial charge in [0.25, 0.3) is 0 Å². The van der Waals surface area contributed by atoms with Crippen molar-refractivity contribution in [2.24, 2.45) is 0 Å². The molecule has 0 saturated carbocycles. The van der Waals surface area contributed by atoms with Gasteiger partial charge in [0.1, 0.15) is 0 Å². The third-order valence-corrected chi connectivity index (χ3v) is 6.13. The third-order valence-electron chi connectivity index (χ3n) is 6.13. The van der Waals surface area contributed by atoms with Crippen LogP contribution in [-0.4, -0.2) is 47.2 Å². The van der Waals surface area contributed by atoms with E-state index in [1.165, 1.54) is 22.0 Å². The first-order chi connectivity index (χ1) is 13.2. The van der Waals surface area contributed by atoms with Crippen LogP contribution >= 0.6 is 0 Å². The van der Waals surface area contributed by atoms with Crippen LogP contribution in [0.3, 0.4) is 0 Å². The number of benzene rings is 1. The summed E-state index contributed by atoms with van der Waals surface area (Å²) in [6, 6.07) is 11.7. The van der Waals surface area contributed by atoms with Crippen molar-refractivity contribution in [3.05, 3.63) is 53.9 Å². The molecule has 3 atom stereocenters. The van der Waals surface area contributed by atoms with E-state index in [-0.39, 0.29) is 0 Å². The Labute approximate surface area is 159 Å². The highest BCUT2D eigenvalue weighted by atomic mass is 16.5. The van der Waals surface area contributed by atoms with Crippen molar-refractivity contribution in [3.63, 3.8) is 0 Å². The largest absolute Gasteiger partial charge is 0.478 e. The van der Waals surface area contributed by atoms with Crippen LogP contribution < -0.4 is 10.1 Å². The Hall–Kier alpha value is -2.53. The molecule has 27 heavy (non-hydrogen) atoms. The molecule has 0 spiro atoms. The van der Waals surface area contributed by atoms with E-state index >= 15 is 0 Å². The number of likely N-dealkylation sites (tertiary alicyclic amines) is 1. The molecule has 5 nitrogen and oxygen atoms in total. The van der Waals surface area contributed by atoms with Crippen molar-refractivity contribution >= 4 is 16.6 Å². The van der Waals surface area contributed by atoms with E-state index in [9.17, 15) is 0 Å². The Bertz CT molecular complexity index is 949. The summed E-state index contributed by atoms with van der Waals surface area (Å²) >= 11 is 0. The lowest BCUT2D eigenvalue weighted by molar-refractivity contribution is 0.147. The van der Waals surface area contributed by atoms with Crippen molar-refractivity contribution in [3.8, 4) is 5.88 Å². The van der Waals surface area contributed by atoms with Gasteiger partial charge in [-0.2, -0.15) is 0 Å². The number of likely N-dealkylation sites (N-methyl/N-ethyl adjacent to an activating group) is 1. The smallest absolute Gasteiger partial charge is 0.213 e. The number of aromatic amines is 1. The second kappa shape index (κ2) is 6.57. The summed E-state index contributed by atoms with van der Waals surface area (Å²) in [4.78, 5) is 10.4. The maximum atomic E-state index is 5.45. The van der Waals surface area contributed by atoms with Crippen LogP contribution in [0.4, 0.5) is 5.69 Å². The third kappa shape index (κ3) is 2.86. The van der Waals surface area contributed by atoms with Gasteiger partial charge in [-0.25, -0.2) is 4.98 Å². The number of rotatable bonds is 4. The number of hydrogen-bond donors (Lipinski definition) is 2. The number of aromatic nitrogens is 2. The number of nitrogens with zero attached hydrogens (tertiary/aromatic N) is 2. The van der Waals surface area contributed by atoms with Crippen LogP contribution in [0.5, 0.6) is 5.88 Å². The van der Waals surface area contributed by atoms with Gasteiger partial charge in [-0.3, -0.25) is 0 Å². The zero-order valence-electron chi connectivity index (χ0n) is 15.9. The van der Waals surface area contributed by atoms with E-state index in [2.05, 4.69) is 57.7 Å². The van der Waals surface area contributed by atoms with E-state index in [4.69, 9.17) is 4.74 Å². The summed E-state index contributed by atoms with van der Waals surface area (Å²) in [6.45, 7) is 3.66. The second-order valence-electron chi connectivity index (χ2n) is 7.80. The summed E-state index contributed by atoms with van der Waals surface area (Å²) in [5, 5.41) is 5.15. The predicted molar refractivity (Wildman–Crippen MR) is 109 cm³/mol. The van der Waals surface area contributed by atoms with E-state index in [0.29, 0.717) is 30.5 Å². The Balaban J connectivity index is 1.39. The van der Waals surface area contributed by atoms with Gasteiger partial charge in [0.15, 0.2) is 0 Å². The van der Waals surface area contributed by atoms with Crippen molar-refractivity contribution in [2.45, 2.75) is 37.8 Å². The normalized spacial score (nSPS) is 24.6. The molecule has 1 aliphatic heterocycles. The molecule has 3 aromatic rings. The lowest BCUT2D eigenvalue weighted by Crippen LogP contribution is -2.51. The standard InChI is InChI=1S/C22H26N4O/c1-3-27-21-8-7-15(12-24-21)25-16-10-18-17-5-4-6-19-22(17)14(11-23-19)9-20(18)26(2)13-16/h4-8,11-12,16,18,20,23,25H,3,9-10,13H2,1-2H3/t16-,18?,20+/m0/s1. The van der Waals surface area contributed by atoms with Gasteiger partial charge < -0.3 is 19.9 Å². The number of anilines is 1. The summed E-state index contributed by atoms with van der Waals surface area (Å²) in [6.07, 6.45) is 6.36. The molecule has 0 amide bonds. The van der Waals surface area contributed by atoms with E-state index in [1.54, 1.807) is 0 Å². The number of hydrogen-bond acceptors (Lipinski definition) is 4. The van der Waals surface area contributed by atoms with Gasteiger partial charge in [-0.05, 0) is 50.1 Å². The molecule has 2 N–H and O–H groups in total. The Kier molecular flexibility index (Phi) is 4.05. The molecule has 1 aliphatic carbocycles. The Morgan fingerprint density at radius 2 is 2.22 bits per heavy atom. The van der Waals surface area contributed by atoms with E-state index in [1.807, 2.05) is 19.2 Å². The van der Waals surface area contributed by atoms with E-state index in [0.717, 1.165) is 25.1 Å². The van der Waals surface area contributed by atoms with Gasteiger partial charge >= 0.3 is 0 Å². The number of pyridine rings is 1. The summed E-state index contributed by atoms with van der Waals surface area (Å²) in [7, 11) is 2.26. The lowest BCUT2D eigenvalue weighted by Gasteiger charge is -2.45. The first-order valence-corrected chi connectivity index (χ1v) is 9.87. The van der Waals surface area contributed by atoms with Crippen LogP contribution in [0.2, 0.25) is 0 Å². The first-order valence-electron chi connectivity index (χ1n) is 9.87. The minimum atomic E-state index is 0.409. The monoisotopic (exact) mass is 362 g/mol. The molecule has 5 rings (SSSR count). The molecular weight excluding hydrogens is 336 g/mol. The number of H-pyrrole nitrogens is 1. The van der Waals surface area contributed by atoms with Crippen molar-refractivity contribution in [1.29, 1.82) is 0 Å². The number of ether oxygens (including phenoxy) is 1. The van der Waals surface area contributed by atoms with Gasteiger partial charge in [0.2, 0.25) is 5.88 Å². The van der Waals surface area contributed by atoms with Crippen LogP contribution in [0.1, 0.15) is 30.4 Å². The minimum Gasteiger partial charge on any atom is -0.478 e. The minimum absolute atomic E-state index is 0.409. The van der Waals surface area contributed by atoms with Crippen molar-refractivity contribution in [2.75, 3.05) is 25.5 Å². The summed E-state index contributed by atoms with van der Waals surface area (Å²) < 4.78 is 5.45. The van der Waals surface area contributed by atoms with Gasteiger partial charge in [0.05, 0.1) is 18.5 Å². The topological polar surface area (TPSA) is 53.2 Å². The fourth-order valence-corrected chi connectivity index (χ4v) is 4.98. The van der Waals surface area contributed by atoms with Gasteiger partial charge in [-0.15, -0.1) is 0 Å². The molecule has 0 radical (unpaired) electrons. The highest BCUT2D eigenvalue weighted by molar-refractivity contribution is 5.88. The molecule has 3 heterocycles. The zero-order valence-corrected chi connectivity index (χ0v) is 15.9. The average molecular weight is 362 g/mol. The molecule has 0 bridgehead atoms. The fraction of sp³-hybridized carbons (Fsp3) is 0.409. The molecule has 1 aromatic carbocycles. The molecule has 2 aromatic heterocycles. The highest BCUT2D eigenvalue weighted by Gasteiger charge is 2.39. The first kappa shape index (κ1) is 16.6. The number of nitrogens with one attached hydrogen (secondary N) is 2. The molecule has 1 fully saturated rings. The number of fused-ring (bicyclic) bond motifs is 2. The SMILES string of the molecule is CCOc1ccc(N[C@H]2CC3c4cccc5[nH]cc(c45)C[C@H]3N(C)C2)cn1. The number of piperidine rings is 1. The second-order valence-corrected chi connectivity index (χ2v) is 7.80. The molecule has 1 unspecified atom stereocenters. The highest BCUT2D eigenvalue weighted by Crippen LogP contribution is 2.43. The summed E-state index contributed by atoms with van der Waals surface area (Å²) in [5.74, 6) is 1.24. The average Bonchev–Trinajstić information content (AvgIpc) is 3.09. The van der Waals surface area contributed by atoms with Crippen LogP contribution in [0.25, 0.3) is 10.9 Å². The molecule has 140 valence electrons. The van der Waals surface area contributed by atoms with E-state index < -0.39 is 0 Å². The lowest BCUT2D eigenvalue weighted by atomic mass is 9.74. The molecular formula is C22H26N4O. The quantitative estimate of drug-likeness (QED) is 0.741. The van der Waals surface area contributed by atoms with Gasteiger partial charge in [-0.1, -0.05) is 12.1 Å². The fourth-order valence-electron chi connectivity index (χ4n) is 4.98. The van der Waals surface area contributed by atoms with Crippen LogP contribution in [-0.2, 0) is 6.42 Å². The van der Waals surface area contributed by atoms with Gasteiger partial charge in [0, 0.05) is 47.7 Å². The van der Waals surface area contributed by atoms with Crippen molar-refractivity contribution in [1.82, 2.24) is 14.9 Å². The Morgan fingerprint density at radius 3 is 3.04 bits per heavy atom. The molecule has 5 heteroatoms. The van der Waals surface area contributed by atoms with Crippen molar-refractivity contribution < 1.29 is 4.74 Å². The van der Waals surface area contributed by atoms with Crippen LogP contribution in [0, 0.1) is 0 Å². The maximum absolute atomic E-state index is 5.45. The Morgan fingerprint density at radius 1 is 1.30 bits per heavy atom. The molecule has 2 aliphatic rings. The zero-order chi connectivity index (χ0) is 18.4.